The van der Waals surface area contributed by atoms with Crippen molar-refractivity contribution >= 4 is 43.4 Å². The van der Waals surface area contributed by atoms with Gasteiger partial charge in [-0.15, -0.1) is 6.58 Å². The molecule has 1 heterocycles. The molecule has 3 nitrogen and oxygen atoms in total. The largest absolute Gasteiger partial charge is 0.313 e. The molecular weight excluding hydrogens is 372 g/mol. The summed E-state index contributed by atoms with van der Waals surface area (Å²) >= 11 is 4.99. The number of carbonyl (C=O) groups excluding carboxylic acids is 1. The summed E-state index contributed by atoms with van der Waals surface area (Å²) in [6.45, 7) is 4.42. The van der Waals surface area contributed by atoms with Crippen molar-refractivity contribution in [1.82, 2.24) is 4.57 Å². The molecule has 23 heavy (non-hydrogen) atoms. The minimum atomic E-state index is -0.139. The molecule has 0 aliphatic carbocycles. The zero-order chi connectivity index (χ0) is 16.2. The van der Waals surface area contributed by atoms with Crippen molar-refractivity contribution in [2.24, 2.45) is 4.99 Å². The van der Waals surface area contributed by atoms with E-state index in [0.29, 0.717) is 17.8 Å². The average Bonchev–Trinajstić information content (AvgIpc) is 2.85. The first-order valence-corrected chi connectivity index (χ1v) is 8.79. The van der Waals surface area contributed by atoms with Crippen molar-refractivity contribution in [3.05, 3.63) is 76.0 Å². The van der Waals surface area contributed by atoms with Crippen molar-refractivity contribution in [2.75, 3.05) is 0 Å². The summed E-state index contributed by atoms with van der Waals surface area (Å²) in [4.78, 5) is 17.3. The zero-order valence-electron chi connectivity index (χ0n) is 12.4. The van der Waals surface area contributed by atoms with Gasteiger partial charge in [0.2, 0.25) is 0 Å². The van der Waals surface area contributed by atoms with Crippen LogP contribution in [0.25, 0.3) is 10.2 Å². The number of nitrogens with zero attached hydrogens (tertiary/aromatic N) is 2. The second kappa shape index (κ2) is 7.06. The van der Waals surface area contributed by atoms with Crippen molar-refractivity contribution < 1.29 is 4.79 Å². The van der Waals surface area contributed by atoms with E-state index in [-0.39, 0.29) is 5.91 Å². The van der Waals surface area contributed by atoms with Gasteiger partial charge in [-0.2, -0.15) is 4.99 Å². The maximum atomic E-state index is 12.3. The van der Waals surface area contributed by atoms with Crippen molar-refractivity contribution in [3.63, 3.8) is 0 Å². The lowest BCUT2D eigenvalue weighted by molar-refractivity contribution is -0.117. The number of carbonyl (C=O) groups is 1. The Labute approximate surface area is 146 Å². The van der Waals surface area contributed by atoms with Gasteiger partial charge in [-0.05, 0) is 23.8 Å². The van der Waals surface area contributed by atoms with E-state index < -0.39 is 0 Å². The number of thiazole rings is 1. The topological polar surface area (TPSA) is 34.4 Å². The lowest BCUT2D eigenvalue weighted by Crippen LogP contribution is -2.16. The van der Waals surface area contributed by atoms with E-state index in [9.17, 15) is 4.79 Å². The quantitative estimate of drug-likeness (QED) is 0.614. The minimum absolute atomic E-state index is 0.139. The van der Waals surface area contributed by atoms with Crippen LogP contribution in [0, 0.1) is 0 Å². The average molecular weight is 387 g/mol. The van der Waals surface area contributed by atoms with Crippen LogP contribution in [0.2, 0.25) is 0 Å². The molecular formula is C18H15BrN2OS. The first-order valence-electron chi connectivity index (χ1n) is 7.18. The van der Waals surface area contributed by atoms with Crippen LogP contribution in [0.4, 0.5) is 0 Å². The molecule has 2 aromatic carbocycles. The Morgan fingerprint density at radius 1 is 1.26 bits per heavy atom. The molecule has 1 aromatic heterocycles. The van der Waals surface area contributed by atoms with Gasteiger partial charge >= 0.3 is 0 Å². The number of fused-ring (bicyclic) bond motifs is 1. The second-order valence-corrected chi connectivity index (χ2v) is 6.99. The lowest BCUT2D eigenvalue weighted by Gasteiger charge is -2.01. The zero-order valence-corrected chi connectivity index (χ0v) is 14.8. The summed E-state index contributed by atoms with van der Waals surface area (Å²) in [5, 5.41) is 0. The SMILES string of the molecule is C=CCn1c(=NC(=O)Cc2ccccc2)sc2cc(Br)ccc21. The molecule has 0 saturated carbocycles. The first kappa shape index (κ1) is 15.9. The van der Waals surface area contributed by atoms with Gasteiger partial charge in [0.15, 0.2) is 4.80 Å². The van der Waals surface area contributed by atoms with Gasteiger partial charge in [0, 0.05) is 11.0 Å². The van der Waals surface area contributed by atoms with E-state index in [4.69, 9.17) is 0 Å². The van der Waals surface area contributed by atoms with Crippen LogP contribution in [0.5, 0.6) is 0 Å². The van der Waals surface area contributed by atoms with E-state index in [1.165, 1.54) is 11.3 Å². The number of allylic oxidation sites excluding steroid dienone is 1. The smallest absolute Gasteiger partial charge is 0.252 e. The van der Waals surface area contributed by atoms with Crippen LogP contribution >= 0.6 is 27.3 Å². The Balaban J connectivity index is 2.02. The summed E-state index contributed by atoms with van der Waals surface area (Å²) in [7, 11) is 0. The number of amides is 1. The van der Waals surface area contributed by atoms with Gasteiger partial charge in [-0.1, -0.05) is 63.7 Å². The molecule has 1 amide bonds. The normalized spacial score (nSPS) is 11.8. The Kier molecular flexibility index (Phi) is 4.88. The van der Waals surface area contributed by atoms with E-state index in [1.807, 2.05) is 59.2 Å². The van der Waals surface area contributed by atoms with E-state index in [0.717, 1.165) is 20.3 Å². The minimum Gasteiger partial charge on any atom is -0.313 e. The van der Waals surface area contributed by atoms with Gasteiger partial charge < -0.3 is 4.57 Å². The van der Waals surface area contributed by atoms with E-state index in [2.05, 4.69) is 27.5 Å². The molecule has 0 radical (unpaired) electrons. The summed E-state index contributed by atoms with van der Waals surface area (Å²) in [5.74, 6) is -0.139. The molecule has 0 unspecified atom stereocenters. The van der Waals surface area contributed by atoms with Crippen molar-refractivity contribution in [2.45, 2.75) is 13.0 Å². The number of hydrogen-bond acceptors (Lipinski definition) is 2. The predicted molar refractivity (Wildman–Crippen MR) is 98.4 cm³/mol. The predicted octanol–water partition coefficient (Wildman–Crippen LogP) is 4.32. The van der Waals surface area contributed by atoms with Gasteiger partial charge in [-0.3, -0.25) is 4.79 Å². The maximum absolute atomic E-state index is 12.3. The molecule has 0 atom stereocenters. The van der Waals surface area contributed by atoms with Crippen LogP contribution < -0.4 is 4.80 Å². The molecule has 0 N–H and O–H groups in total. The number of hydrogen-bond donors (Lipinski definition) is 0. The summed E-state index contributed by atoms with van der Waals surface area (Å²) in [6.07, 6.45) is 2.13. The Morgan fingerprint density at radius 3 is 2.78 bits per heavy atom. The molecule has 0 bridgehead atoms. The van der Waals surface area contributed by atoms with Crippen LogP contribution in [0.1, 0.15) is 5.56 Å². The van der Waals surface area contributed by atoms with Crippen LogP contribution in [-0.2, 0) is 17.8 Å². The van der Waals surface area contributed by atoms with Gasteiger partial charge in [0.1, 0.15) is 0 Å². The van der Waals surface area contributed by atoms with Crippen LogP contribution in [0.3, 0.4) is 0 Å². The number of benzene rings is 2. The standard InChI is InChI=1S/C18H15BrN2OS/c1-2-10-21-15-9-8-14(19)12-16(15)23-18(21)20-17(22)11-13-6-4-3-5-7-13/h2-9,12H,1,10-11H2. The molecule has 5 heteroatoms. The van der Waals surface area contributed by atoms with Gasteiger partial charge in [0.25, 0.3) is 5.91 Å². The molecule has 3 aromatic rings. The third-order valence-electron chi connectivity index (χ3n) is 3.37. The third-order valence-corrected chi connectivity index (χ3v) is 4.91. The fraction of sp³-hybridized carbons (Fsp3) is 0.111. The second-order valence-electron chi connectivity index (χ2n) is 5.06. The molecule has 0 spiro atoms. The van der Waals surface area contributed by atoms with Crippen LogP contribution in [-0.4, -0.2) is 10.5 Å². The lowest BCUT2D eigenvalue weighted by atomic mass is 10.1. The van der Waals surface area contributed by atoms with E-state index >= 15 is 0 Å². The number of aromatic nitrogens is 1. The summed E-state index contributed by atoms with van der Waals surface area (Å²) in [5.41, 5.74) is 2.03. The third kappa shape index (κ3) is 3.68. The Morgan fingerprint density at radius 2 is 2.04 bits per heavy atom. The molecule has 0 aliphatic rings. The van der Waals surface area contributed by atoms with Gasteiger partial charge in [-0.25, -0.2) is 0 Å². The van der Waals surface area contributed by atoms with Crippen LogP contribution in [0.15, 0.2) is 70.7 Å². The molecule has 0 aliphatic heterocycles. The Bertz CT molecular complexity index is 925. The molecule has 116 valence electrons. The highest BCUT2D eigenvalue weighted by atomic mass is 79.9. The maximum Gasteiger partial charge on any atom is 0.252 e. The highest BCUT2D eigenvalue weighted by Gasteiger charge is 2.08. The van der Waals surface area contributed by atoms with E-state index in [1.54, 1.807) is 0 Å². The number of halogens is 1. The molecule has 0 fully saturated rings. The highest BCUT2D eigenvalue weighted by Crippen LogP contribution is 2.22. The monoisotopic (exact) mass is 386 g/mol. The summed E-state index contributed by atoms with van der Waals surface area (Å²) < 4.78 is 4.12. The number of rotatable bonds is 4. The van der Waals surface area contributed by atoms with Crippen molar-refractivity contribution in [3.8, 4) is 0 Å². The molecule has 0 saturated heterocycles. The van der Waals surface area contributed by atoms with Gasteiger partial charge in [0.05, 0.1) is 16.6 Å². The van der Waals surface area contributed by atoms with Crippen molar-refractivity contribution in [1.29, 1.82) is 0 Å². The summed E-state index contributed by atoms with van der Waals surface area (Å²) in [6, 6.07) is 15.7. The highest BCUT2D eigenvalue weighted by molar-refractivity contribution is 9.10. The fourth-order valence-corrected chi connectivity index (χ4v) is 3.96. The first-order chi connectivity index (χ1) is 11.2. The molecule has 3 rings (SSSR count). The fourth-order valence-electron chi connectivity index (χ4n) is 2.35. The Hall–Kier alpha value is -1.98.